The number of amides is 1. The number of ketones is 3. The number of aliphatic hydroxyl groups is 2. The van der Waals surface area contributed by atoms with E-state index in [1.807, 2.05) is 0 Å². The zero-order valence-corrected chi connectivity index (χ0v) is 17.2. The van der Waals surface area contributed by atoms with Gasteiger partial charge >= 0.3 is 0 Å². The molecule has 3 aliphatic carbocycles. The van der Waals surface area contributed by atoms with Crippen LogP contribution in [-0.2, 0) is 16.0 Å². The van der Waals surface area contributed by atoms with Gasteiger partial charge in [-0.1, -0.05) is 15.9 Å². The van der Waals surface area contributed by atoms with Crippen molar-refractivity contribution < 1.29 is 34.5 Å². The number of benzene rings is 1. The summed E-state index contributed by atoms with van der Waals surface area (Å²) in [5, 5.41) is 31.4. The van der Waals surface area contributed by atoms with Crippen molar-refractivity contribution in [3.8, 4) is 5.75 Å². The number of nitrogens with two attached hydrogens (primary N) is 1. The molecule has 0 aromatic heterocycles. The second kappa shape index (κ2) is 7.09. The number of phenolic OH excluding ortho intramolecular Hbond substituents is 1. The van der Waals surface area contributed by atoms with Crippen LogP contribution in [0, 0.1) is 17.8 Å². The molecule has 0 bridgehead atoms. The van der Waals surface area contributed by atoms with Crippen LogP contribution in [0.3, 0.4) is 0 Å². The van der Waals surface area contributed by atoms with E-state index in [4.69, 9.17) is 5.73 Å². The van der Waals surface area contributed by atoms with Crippen LogP contribution in [0.1, 0.15) is 39.1 Å². The van der Waals surface area contributed by atoms with E-state index >= 15 is 0 Å². The number of allylic oxidation sites excluding steroid dienone is 3. The monoisotopic (exact) mass is 475 g/mol. The van der Waals surface area contributed by atoms with Gasteiger partial charge in [0.15, 0.2) is 17.3 Å². The van der Waals surface area contributed by atoms with E-state index in [0.717, 1.165) is 0 Å². The number of alkyl halides is 1. The Kier molecular flexibility index (Phi) is 4.80. The third-order valence-corrected chi connectivity index (χ3v) is 6.70. The van der Waals surface area contributed by atoms with Crippen LogP contribution in [0.2, 0.25) is 0 Å². The molecule has 4 rings (SSSR count). The normalized spacial score (nSPS) is 25.6. The number of carbonyl (C=O) groups is 4. The number of hydrogen-bond acceptors (Lipinski definition) is 7. The van der Waals surface area contributed by atoms with Crippen LogP contribution in [-0.4, -0.2) is 43.9 Å². The van der Waals surface area contributed by atoms with Crippen molar-refractivity contribution in [3.05, 3.63) is 51.5 Å². The minimum Gasteiger partial charge on any atom is -0.511 e. The molecule has 0 saturated heterocycles. The number of hydrogen-bond donors (Lipinski definition) is 4. The lowest BCUT2D eigenvalue weighted by atomic mass is 9.62. The van der Waals surface area contributed by atoms with E-state index in [1.54, 1.807) is 0 Å². The highest BCUT2D eigenvalue weighted by Gasteiger charge is 2.50. The van der Waals surface area contributed by atoms with Gasteiger partial charge in [0, 0.05) is 17.6 Å². The molecule has 1 aromatic carbocycles. The summed E-state index contributed by atoms with van der Waals surface area (Å²) >= 11 is 3.11. The van der Waals surface area contributed by atoms with Gasteiger partial charge in [-0.25, -0.2) is 0 Å². The maximum Gasteiger partial charge on any atom is 0.255 e. The number of phenols is 1. The Morgan fingerprint density at radius 1 is 1.13 bits per heavy atom. The van der Waals surface area contributed by atoms with Gasteiger partial charge in [-0.05, 0) is 42.4 Å². The lowest BCUT2D eigenvalue weighted by Crippen LogP contribution is -2.43. The maximum absolute atomic E-state index is 13.2. The van der Waals surface area contributed by atoms with Gasteiger partial charge in [0.2, 0.25) is 0 Å². The van der Waals surface area contributed by atoms with Gasteiger partial charge in [-0.2, -0.15) is 0 Å². The minimum atomic E-state index is -1.16. The smallest absolute Gasteiger partial charge is 0.255 e. The molecule has 0 heterocycles. The van der Waals surface area contributed by atoms with Crippen LogP contribution in [0.5, 0.6) is 5.75 Å². The van der Waals surface area contributed by atoms with Crippen molar-refractivity contribution in [1.82, 2.24) is 0 Å². The quantitative estimate of drug-likeness (QED) is 0.296. The van der Waals surface area contributed by atoms with Crippen molar-refractivity contribution in [1.29, 1.82) is 0 Å². The van der Waals surface area contributed by atoms with Gasteiger partial charge in [0.25, 0.3) is 5.91 Å². The third-order valence-electron chi connectivity index (χ3n) is 6.19. The first-order valence-corrected chi connectivity index (χ1v) is 10.5. The van der Waals surface area contributed by atoms with Crippen LogP contribution in [0.25, 0.3) is 0 Å². The Bertz CT molecular complexity index is 1100. The number of Topliss-reactive ketones (excluding diaryl/α,β-unsaturated/α-hetero) is 3. The lowest BCUT2D eigenvalue weighted by Gasteiger charge is -2.41. The number of primary amides is 1. The van der Waals surface area contributed by atoms with Crippen molar-refractivity contribution in [2.24, 2.45) is 23.5 Å². The number of aromatic hydroxyl groups is 1. The Morgan fingerprint density at radius 2 is 1.83 bits per heavy atom. The Morgan fingerprint density at radius 3 is 2.47 bits per heavy atom. The van der Waals surface area contributed by atoms with E-state index in [2.05, 4.69) is 15.9 Å². The van der Waals surface area contributed by atoms with Crippen molar-refractivity contribution in [2.45, 2.75) is 19.3 Å². The van der Waals surface area contributed by atoms with Gasteiger partial charge in [0.1, 0.15) is 22.8 Å². The average Bonchev–Trinajstić information content (AvgIpc) is 2.66. The van der Waals surface area contributed by atoms with Crippen LogP contribution in [0.15, 0.2) is 34.8 Å². The molecule has 5 N–H and O–H groups in total. The molecule has 2 unspecified atom stereocenters. The molecule has 0 aliphatic heterocycles. The number of aliphatic hydroxyl groups excluding tert-OH is 2. The Hall–Kier alpha value is -2.94. The topological polar surface area (TPSA) is 155 Å². The molecule has 0 spiro atoms. The van der Waals surface area contributed by atoms with Crippen LogP contribution >= 0.6 is 15.9 Å². The third kappa shape index (κ3) is 2.79. The molecule has 0 saturated carbocycles. The fraction of sp³-hybridized carbons (Fsp3) is 0.333. The second-order valence-corrected chi connectivity index (χ2v) is 8.36. The summed E-state index contributed by atoms with van der Waals surface area (Å²) in [6, 6.07) is 2.72. The predicted octanol–water partition coefficient (Wildman–Crippen LogP) is 2.04. The molecule has 8 nitrogen and oxygen atoms in total. The largest absolute Gasteiger partial charge is 0.511 e. The van der Waals surface area contributed by atoms with Gasteiger partial charge in [0.05, 0.1) is 16.8 Å². The van der Waals surface area contributed by atoms with Crippen LogP contribution < -0.4 is 5.73 Å². The molecule has 3 atom stereocenters. The highest BCUT2D eigenvalue weighted by molar-refractivity contribution is 9.09. The maximum atomic E-state index is 13.2. The number of rotatable bonds is 3. The van der Waals surface area contributed by atoms with E-state index in [1.165, 1.54) is 12.1 Å². The molecule has 3 aliphatic rings. The zero-order valence-electron chi connectivity index (χ0n) is 15.6. The summed E-state index contributed by atoms with van der Waals surface area (Å²) in [7, 11) is 0. The lowest BCUT2D eigenvalue weighted by molar-refractivity contribution is -0.126. The molecule has 156 valence electrons. The standard InChI is InChI=1S/C21H18BrNO7/c22-6-13(26)9-1-2-11(24)16-10(9)4-7-3-8-5-12(25)17(21(23)30)20(29)15(8)18(27)14(7)19(16)28/h1-2,7-8,15,24-25,27H,3-6H2,(H2,23,30)/t7-,8?,15?/m1/s1. The fourth-order valence-corrected chi connectivity index (χ4v) is 5.27. The van der Waals surface area contributed by atoms with Crippen LogP contribution in [0.4, 0.5) is 0 Å². The Labute approximate surface area is 179 Å². The molecule has 0 fully saturated rings. The van der Waals surface area contributed by atoms with E-state index in [9.17, 15) is 34.5 Å². The van der Waals surface area contributed by atoms with Gasteiger partial charge < -0.3 is 21.1 Å². The summed E-state index contributed by atoms with van der Waals surface area (Å²) in [5.41, 5.74) is 5.31. The van der Waals surface area contributed by atoms with Crippen molar-refractivity contribution in [2.75, 3.05) is 5.33 Å². The first kappa shape index (κ1) is 20.3. The SMILES string of the molecule is NC(=O)C1=C(O)CC2C[C@@H]3Cc4c(C(=O)CBr)ccc(O)c4C(=O)C3=C(O)C2C1=O. The fourth-order valence-electron chi connectivity index (χ4n) is 4.97. The highest BCUT2D eigenvalue weighted by Crippen LogP contribution is 2.49. The minimum absolute atomic E-state index is 0.000974. The molecule has 1 aromatic rings. The predicted molar refractivity (Wildman–Crippen MR) is 107 cm³/mol. The first-order chi connectivity index (χ1) is 14.2. The van der Waals surface area contributed by atoms with E-state index < -0.39 is 52.3 Å². The highest BCUT2D eigenvalue weighted by atomic mass is 79.9. The van der Waals surface area contributed by atoms with Crippen molar-refractivity contribution in [3.63, 3.8) is 0 Å². The molecule has 9 heteroatoms. The molecular formula is C21H18BrNO7. The molecule has 1 amide bonds. The molecular weight excluding hydrogens is 458 g/mol. The summed E-state index contributed by atoms with van der Waals surface area (Å²) in [5.74, 6) is -6.16. The molecule has 30 heavy (non-hydrogen) atoms. The second-order valence-electron chi connectivity index (χ2n) is 7.80. The van der Waals surface area contributed by atoms with E-state index in [0.29, 0.717) is 11.1 Å². The number of halogens is 1. The van der Waals surface area contributed by atoms with E-state index in [-0.39, 0.29) is 47.3 Å². The van der Waals surface area contributed by atoms with Gasteiger partial charge in [-0.3, -0.25) is 19.2 Å². The summed E-state index contributed by atoms with van der Waals surface area (Å²) in [6.07, 6.45) is 0.471. The summed E-state index contributed by atoms with van der Waals surface area (Å²) < 4.78 is 0. The average molecular weight is 476 g/mol. The number of fused-ring (bicyclic) bond motifs is 3. The summed E-state index contributed by atoms with van der Waals surface area (Å²) in [6.45, 7) is 0. The first-order valence-electron chi connectivity index (χ1n) is 9.35. The number of carbonyl (C=O) groups excluding carboxylic acids is 4. The van der Waals surface area contributed by atoms with Crippen molar-refractivity contribution >= 4 is 39.2 Å². The van der Waals surface area contributed by atoms with Gasteiger partial charge in [-0.15, -0.1) is 0 Å². The summed E-state index contributed by atoms with van der Waals surface area (Å²) in [4.78, 5) is 49.9. The zero-order chi connectivity index (χ0) is 21.9. The molecule has 0 radical (unpaired) electrons. The Balaban J connectivity index is 1.86.